The van der Waals surface area contributed by atoms with Gasteiger partial charge in [-0.15, -0.1) is 0 Å². The summed E-state index contributed by atoms with van der Waals surface area (Å²) in [6.45, 7) is 0. The fourth-order valence-corrected chi connectivity index (χ4v) is 7.23. The van der Waals surface area contributed by atoms with E-state index in [9.17, 15) is 0 Å². The second kappa shape index (κ2) is 9.03. The topological polar surface area (TPSA) is 0 Å². The minimum absolute atomic E-state index is 1.27. The molecule has 0 heteroatoms. The van der Waals surface area contributed by atoms with Gasteiger partial charge in [0.2, 0.25) is 0 Å². The molecule has 0 spiro atoms. The van der Waals surface area contributed by atoms with Gasteiger partial charge in [0.25, 0.3) is 0 Å². The molecule has 0 saturated carbocycles. The molecule has 0 aliphatic heterocycles. The zero-order valence-corrected chi connectivity index (χ0v) is 23.0. The molecule has 0 aliphatic rings. The number of benzene rings is 9. The molecule has 9 rings (SSSR count). The van der Waals surface area contributed by atoms with Gasteiger partial charge in [0.1, 0.15) is 0 Å². The van der Waals surface area contributed by atoms with Crippen molar-refractivity contribution in [2.24, 2.45) is 0 Å². The van der Waals surface area contributed by atoms with Crippen LogP contribution in [-0.2, 0) is 0 Å². The second-order valence-electron chi connectivity index (χ2n) is 11.2. The smallest absolute Gasteiger partial charge is 0.00201 e. The zero-order chi connectivity index (χ0) is 27.6. The molecule has 0 N–H and O–H groups in total. The van der Waals surface area contributed by atoms with Gasteiger partial charge in [-0.3, -0.25) is 0 Å². The average Bonchev–Trinajstić information content (AvgIpc) is 3.06. The lowest BCUT2D eigenvalue weighted by atomic mass is 9.83. The van der Waals surface area contributed by atoms with Crippen molar-refractivity contribution >= 4 is 64.6 Å². The van der Waals surface area contributed by atoms with E-state index in [1.807, 2.05) is 0 Å². The van der Waals surface area contributed by atoms with E-state index in [1.54, 1.807) is 0 Å². The first-order valence-electron chi connectivity index (χ1n) is 14.6. The molecule has 0 radical (unpaired) electrons. The fraction of sp³-hybridized carbons (Fsp3) is 0. The molecule has 0 aliphatic carbocycles. The fourth-order valence-electron chi connectivity index (χ4n) is 7.23. The van der Waals surface area contributed by atoms with Gasteiger partial charge in [-0.2, -0.15) is 0 Å². The average molecular weight is 531 g/mol. The van der Waals surface area contributed by atoms with Gasteiger partial charge >= 0.3 is 0 Å². The van der Waals surface area contributed by atoms with Gasteiger partial charge < -0.3 is 0 Å². The lowest BCUT2D eigenvalue weighted by molar-refractivity contribution is 1.69. The molecule has 0 unspecified atom stereocenters. The molecule has 0 aromatic heterocycles. The molecule has 9 aromatic carbocycles. The first-order chi connectivity index (χ1) is 20.9. The van der Waals surface area contributed by atoms with Gasteiger partial charge in [0.05, 0.1) is 0 Å². The summed E-state index contributed by atoms with van der Waals surface area (Å²) in [6.07, 6.45) is 0. The highest BCUT2D eigenvalue weighted by Gasteiger charge is 2.19. The van der Waals surface area contributed by atoms with Gasteiger partial charge in [0, 0.05) is 0 Å². The number of fused-ring (bicyclic) bond motifs is 8. The molecular formula is C42H26. The molecule has 0 heterocycles. The molecule has 0 bridgehead atoms. The van der Waals surface area contributed by atoms with Crippen molar-refractivity contribution in [2.45, 2.75) is 0 Å². The first-order valence-corrected chi connectivity index (χ1v) is 14.6. The quantitative estimate of drug-likeness (QED) is 0.154. The highest BCUT2D eigenvalue weighted by atomic mass is 14.2. The van der Waals surface area contributed by atoms with Crippen LogP contribution >= 0.6 is 0 Å². The minimum Gasteiger partial charge on any atom is -0.0616 e. The summed E-state index contributed by atoms with van der Waals surface area (Å²) in [5.41, 5.74) is 5.16. The summed E-state index contributed by atoms with van der Waals surface area (Å²) in [5, 5.41) is 15.4. The lowest BCUT2D eigenvalue weighted by Gasteiger charge is -2.20. The summed E-state index contributed by atoms with van der Waals surface area (Å²) >= 11 is 0. The van der Waals surface area contributed by atoms with Crippen molar-refractivity contribution < 1.29 is 0 Å². The van der Waals surface area contributed by atoms with Gasteiger partial charge in [-0.1, -0.05) is 158 Å². The first kappa shape index (κ1) is 23.3. The Kier molecular flexibility index (Phi) is 5.00. The molecular weight excluding hydrogens is 504 g/mol. The van der Waals surface area contributed by atoms with E-state index in [4.69, 9.17) is 0 Å². The Labute approximate surface area is 244 Å². The Balaban J connectivity index is 1.44. The van der Waals surface area contributed by atoms with E-state index in [0.717, 1.165) is 0 Å². The van der Waals surface area contributed by atoms with E-state index >= 15 is 0 Å². The summed E-state index contributed by atoms with van der Waals surface area (Å²) in [7, 11) is 0. The third-order valence-corrected chi connectivity index (χ3v) is 9.04. The predicted octanol–water partition coefficient (Wildman–Crippen LogP) is 11.9. The monoisotopic (exact) mass is 530 g/mol. The Morgan fingerprint density at radius 2 is 0.524 bits per heavy atom. The Morgan fingerprint density at radius 3 is 0.929 bits per heavy atom. The maximum atomic E-state index is 2.31. The van der Waals surface area contributed by atoms with Crippen LogP contribution in [0.25, 0.3) is 86.9 Å². The van der Waals surface area contributed by atoms with Crippen LogP contribution in [0.4, 0.5) is 0 Å². The maximum Gasteiger partial charge on any atom is -0.00201 e. The summed E-state index contributed by atoms with van der Waals surface area (Å²) in [5.74, 6) is 0. The molecule has 42 heavy (non-hydrogen) atoms. The van der Waals surface area contributed by atoms with Gasteiger partial charge in [-0.25, -0.2) is 0 Å². The summed E-state index contributed by atoms with van der Waals surface area (Å²) < 4.78 is 0. The van der Waals surface area contributed by atoms with Crippen LogP contribution in [0.1, 0.15) is 0 Å². The van der Waals surface area contributed by atoms with Crippen LogP contribution in [0, 0.1) is 0 Å². The molecule has 0 atom stereocenters. The highest BCUT2D eigenvalue weighted by molar-refractivity contribution is 6.27. The van der Waals surface area contributed by atoms with Crippen LogP contribution in [0.3, 0.4) is 0 Å². The van der Waals surface area contributed by atoms with Crippen LogP contribution in [0.2, 0.25) is 0 Å². The minimum atomic E-state index is 1.27. The SMILES string of the molecule is c1ccc2c(c1)ccc1c(-c3c4ccccc4c(-c4cccc5c4ccc4ccccc45)c4ccccc34)cccc12. The number of hydrogen-bond acceptors (Lipinski definition) is 0. The van der Waals surface area contributed by atoms with E-state index < -0.39 is 0 Å². The van der Waals surface area contributed by atoms with Crippen molar-refractivity contribution in [3.8, 4) is 22.3 Å². The van der Waals surface area contributed by atoms with E-state index in [1.165, 1.54) is 86.9 Å². The molecule has 9 aromatic rings. The third-order valence-electron chi connectivity index (χ3n) is 9.04. The van der Waals surface area contributed by atoms with E-state index in [2.05, 4.69) is 158 Å². The van der Waals surface area contributed by atoms with Crippen LogP contribution in [-0.4, -0.2) is 0 Å². The summed E-state index contributed by atoms with van der Waals surface area (Å²) in [6, 6.07) is 58.1. The predicted molar refractivity (Wildman–Crippen MR) is 182 cm³/mol. The van der Waals surface area contributed by atoms with Gasteiger partial charge in [-0.05, 0) is 86.9 Å². The normalized spacial score (nSPS) is 11.8. The molecule has 0 nitrogen and oxygen atoms in total. The maximum absolute atomic E-state index is 2.31. The highest BCUT2D eigenvalue weighted by Crippen LogP contribution is 2.47. The van der Waals surface area contributed by atoms with Crippen molar-refractivity contribution in [1.29, 1.82) is 0 Å². The largest absolute Gasteiger partial charge is 0.0616 e. The molecule has 0 amide bonds. The third kappa shape index (κ3) is 3.30. The van der Waals surface area contributed by atoms with Crippen LogP contribution in [0.15, 0.2) is 158 Å². The Hall–Kier alpha value is -5.46. The standard InChI is InChI=1S/C42H26/c1-3-13-29-27(11-1)23-25-33-31(29)19-9-21-35(33)41-37-15-5-7-17-39(37)42(40-18-8-6-16-38(40)41)36-22-10-20-32-30-14-4-2-12-28(30)24-26-34(32)36/h1-26H. The van der Waals surface area contributed by atoms with Crippen LogP contribution in [0.5, 0.6) is 0 Å². The molecule has 194 valence electrons. The van der Waals surface area contributed by atoms with Crippen molar-refractivity contribution in [3.63, 3.8) is 0 Å². The van der Waals surface area contributed by atoms with Crippen molar-refractivity contribution in [1.82, 2.24) is 0 Å². The second-order valence-corrected chi connectivity index (χ2v) is 11.2. The number of hydrogen-bond donors (Lipinski definition) is 0. The summed E-state index contributed by atoms with van der Waals surface area (Å²) in [4.78, 5) is 0. The Morgan fingerprint density at radius 1 is 0.190 bits per heavy atom. The number of rotatable bonds is 2. The molecule has 0 fully saturated rings. The van der Waals surface area contributed by atoms with Gasteiger partial charge in [0.15, 0.2) is 0 Å². The van der Waals surface area contributed by atoms with Crippen molar-refractivity contribution in [3.05, 3.63) is 158 Å². The van der Waals surface area contributed by atoms with E-state index in [-0.39, 0.29) is 0 Å². The molecule has 0 saturated heterocycles. The lowest BCUT2D eigenvalue weighted by Crippen LogP contribution is -1.92. The Bertz CT molecular complexity index is 2280. The zero-order valence-electron chi connectivity index (χ0n) is 23.0. The van der Waals surface area contributed by atoms with E-state index in [0.29, 0.717) is 0 Å². The van der Waals surface area contributed by atoms with Crippen molar-refractivity contribution in [2.75, 3.05) is 0 Å². The van der Waals surface area contributed by atoms with Crippen LogP contribution < -0.4 is 0 Å².